The molecule has 4 nitrogen and oxygen atoms in total. The largest absolute Gasteiger partial charge is 0.375 e. The fourth-order valence-corrected chi connectivity index (χ4v) is 8.47. The van der Waals surface area contributed by atoms with Crippen molar-refractivity contribution in [2.45, 2.75) is 90.4 Å². The van der Waals surface area contributed by atoms with Crippen LogP contribution in [0.25, 0.3) is 0 Å². The lowest BCUT2D eigenvalue weighted by Crippen LogP contribution is -2.44. The van der Waals surface area contributed by atoms with Crippen LogP contribution in [0.4, 0.5) is 5.69 Å². The molecule has 0 N–H and O–H groups in total. The Kier molecular flexibility index (Phi) is 7.56. The van der Waals surface area contributed by atoms with E-state index in [0.29, 0.717) is 36.4 Å². The van der Waals surface area contributed by atoms with E-state index in [2.05, 4.69) is 43.1 Å². The van der Waals surface area contributed by atoms with Gasteiger partial charge in [-0.25, -0.2) is 0 Å². The van der Waals surface area contributed by atoms with Gasteiger partial charge < -0.3 is 9.69 Å². The van der Waals surface area contributed by atoms with Crippen molar-refractivity contribution in [3.05, 3.63) is 52.6 Å². The summed E-state index contributed by atoms with van der Waals surface area (Å²) in [6.45, 7) is 5.20. The molecule has 37 heavy (non-hydrogen) atoms. The maximum absolute atomic E-state index is 12.8. The molecular weight excluding hydrogens is 458 g/mol. The molecule has 0 amide bonds. The Morgan fingerprint density at radius 2 is 1.84 bits per heavy atom. The molecule has 0 aromatic heterocycles. The van der Waals surface area contributed by atoms with Crippen LogP contribution in [-0.2, 0) is 14.4 Å². The molecule has 0 bridgehead atoms. The molecule has 198 valence electrons. The van der Waals surface area contributed by atoms with E-state index < -0.39 is 0 Å². The first kappa shape index (κ1) is 26.1. The molecule has 5 unspecified atom stereocenters. The van der Waals surface area contributed by atoms with Gasteiger partial charge in [-0.05, 0) is 110 Å². The maximum atomic E-state index is 12.8. The van der Waals surface area contributed by atoms with E-state index in [-0.39, 0.29) is 17.1 Å². The number of carbonyl (C=O) groups is 3. The van der Waals surface area contributed by atoms with Crippen LogP contribution in [0.5, 0.6) is 0 Å². The third-order valence-electron chi connectivity index (χ3n) is 10.3. The first-order valence-corrected chi connectivity index (χ1v) is 14.6. The highest BCUT2D eigenvalue weighted by atomic mass is 16.1. The zero-order valence-electron chi connectivity index (χ0n) is 22.9. The predicted octanol–water partition coefficient (Wildman–Crippen LogP) is 6.99. The number of hydrogen-bond acceptors (Lipinski definition) is 4. The average molecular weight is 502 g/mol. The standard InChI is InChI=1S/C33H43NO3/c1-22(36)30-16-17-31-28-14-10-24-20-26(37)13-15-27(24)32(28)29(21-33(30,31)2)23-8-11-25(12-9-23)34(3)18-6-4-5-7-19-35/h8-9,11-12,19-20,28-31H,4-7,10,13-18,21H2,1-3H3. The van der Waals surface area contributed by atoms with E-state index in [9.17, 15) is 14.4 Å². The highest BCUT2D eigenvalue weighted by molar-refractivity contribution is 5.93. The first-order valence-electron chi connectivity index (χ1n) is 14.6. The van der Waals surface area contributed by atoms with Gasteiger partial charge in [-0.2, -0.15) is 0 Å². The molecule has 0 aliphatic heterocycles. The van der Waals surface area contributed by atoms with Gasteiger partial charge in [-0.15, -0.1) is 0 Å². The van der Waals surface area contributed by atoms with Gasteiger partial charge in [0.15, 0.2) is 5.78 Å². The van der Waals surface area contributed by atoms with Crippen LogP contribution in [0.15, 0.2) is 47.1 Å². The van der Waals surface area contributed by atoms with Crippen molar-refractivity contribution in [2.24, 2.45) is 23.2 Å². The van der Waals surface area contributed by atoms with Crippen LogP contribution in [0.2, 0.25) is 0 Å². The Labute approximate surface area is 222 Å². The minimum absolute atomic E-state index is 0.0495. The van der Waals surface area contributed by atoms with Gasteiger partial charge in [0.05, 0.1) is 0 Å². The van der Waals surface area contributed by atoms with Crippen molar-refractivity contribution in [2.75, 3.05) is 18.5 Å². The average Bonchev–Trinajstić information content (AvgIpc) is 3.25. The molecule has 0 spiro atoms. The summed E-state index contributed by atoms with van der Waals surface area (Å²) in [4.78, 5) is 37.9. The van der Waals surface area contributed by atoms with Crippen LogP contribution in [-0.4, -0.2) is 31.4 Å². The number of rotatable bonds is 9. The van der Waals surface area contributed by atoms with Crippen molar-refractivity contribution in [1.82, 2.24) is 0 Å². The normalized spacial score (nSPS) is 30.8. The summed E-state index contributed by atoms with van der Waals surface area (Å²) in [6, 6.07) is 9.16. The number of hydrogen-bond donors (Lipinski definition) is 0. The Hall–Kier alpha value is -2.49. The molecule has 0 heterocycles. The van der Waals surface area contributed by atoms with E-state index in [4.69, 9.17) is 0 Å². The van der Waals surface area contributed by atoms with Gasteiger partial charge in [0, 0.05) is 44.0 Å². The number of unbranched alkanes of at least 4 members (excludes halogenated alkanes) is 3. The van der Waals surface area contributed by atoms with Gasteiger partial charge in [0.1, 0.15) is 12.1 Å². The minimum atomic E-state index is 0.0495. The Balaban J connectivity index is 1.45. The van der Waals surface area contributed by atoms with E-state index in [1.54, 1.807) is 12.5 Å². The summed E-state index contributed by atoms with van der Waals surface area (Å²) in [5.74, 6) is 2.24. The molecular formula is C33H43NO3. The SMILES string of the molecule is CC(=O)C1CCC2C3CCC4=CC(=O)CCC4=C3C(c3ccc(N(C)CCCCCC=O)cc3)CC12C. The van der Waals surface area contributed by atoms with Gasteiger partial charge in [0.25, 0.3) is 0 Å². The summed E-state index contributed by atoms with van der Waals surface area (Å²) in [5.41, 5.74) is 7.01. The van der Waals surface area contributed by atoms with Gasteiger partial charge in [-0.3, -0.25) is 9.59 Å². The quantitative estimate of drug-likeness (QED) is 0.270. The first-order chi connectivity index (χ1) is 17.8. The van der Waals surface area contributed by atoms with Crippen molar-refractivity contribution in [3.63, 3.8) is 0 Å². The lowest BCUT2D eigenvalue weighted by atomic mass is 9.51. The fraction of sp³-hybridized carbons (Fsp3) is 0.606. The van der Waals surface area contributed by atoms with Crippen molar-refractivity contribution in [1.29, 1.82) is 0 Å². The van der Waals surface area contributed by atoms with Crippen LogP contribution in [0.3, 0.4) is 0 Å². The molecule has 1 aromatic carbocycles. The molecule has 0 radical (unpaired) electrons. The number of allylic oxidation sites excluding steroid dienone is 4. The number of nitrogens with zero attached hydrogens (tertiary/aromatic N) is 1. The maximum Gasteiger partial charge on any atom is 0.156 e. The van der Waals surface area contributed by atoms with Gasteiger partial charge >= 0.3 is 0 Å². The summed E-state index contributed by atoms with van der Waals surface area (Å²) in [7, 11) is 2.15. The number of aldehydes is 1. The number of ketones is 2. The molecule has 2 fully saturated rings. The lowest BCUT2D eigenvalue weighted by molar-refractivity contribution is -0.125. The number of carbonyl (C=O) groups excluding carboxylic acids is 3. The van der Waals surface area contributed by atoms with E-state index in [1.165, 1.54) is 22.4 Å². The van der Waals surface area contributed by atoms with E-state index in [1.807, 2.05) is 6.08 Å². The lowest BCUT2D eigenvalue weighted by Gasteiger charge is -2.52. The Bertz CT molecular complexity index is 1110. The minimum Gasteiger partial charge on any atom is -0.375 e. The monoisotopic (exact) mass is 501 g/mol. The van der Waals surface area contributed by atoms with Crippen molar-refractivity contribution < 1.29 is 14.4 Å². The zero-order chi connectivity index (χ0) is 26.2. The number of fused-ring (bicyclic) bond motifs is 4. The molecule has 0 saturated heterocycles. The fourth-order valence-electron chi connectivity index (χ4n) is 8.47. The van der Waals surface area contributed by atoms with Crippen LogP contribution < -0.4 is 4.90 Å². The van der Waals surface area contributed by atoms with Crippen LogP contribution in [0.1, 0.15) is 96.0 Å². The van der Waals surface area contributed by atoms with Crippen LogP contribution in [0, 0.1) is 23.2 Å². The summed E-state index contributed by atoms with van der Waals surface area (Å²) >= 11 is 0. The second-order valence-corrected chi connectivity index (χ2v) is 12.4. The molecule has 2 saturated carbocycles. The highest BCUT2D eigenvalue weighted by Gasteiger charge is 2.57. The Morgan fingerprint density at radius 1 is 1.05 bits per heavy atom. The molecule has 4 aliphatic rings. The Morgan fingerprint density at radius 3 is 2.57 bits per heavy atom. The predicted molar refractivity (Wildman–Crippen MR) is 149 cm³/mol. The highest BCUT2D eigenvalue weighted by Crippen LogP contribution is 2.65. The summed E-state index contributed by atoms with van der Waals surface area (Å²) in [6.07, 6.45) is 13.6. The second-order valence-electron chi connectivity index (χ2n) is 12.4. The third kappa shape index (κ3) is 4.89. The zero-order valence-corrected chi connectivity index (χ0v) is 22.9. The molecule has 4 heteroatoms. The van der Waals surface area contributed by atoms with E-state index >= 15 is 0 Å². The molecule has 5 atom stereocenters. The van der Waals surface area contributed by atoms with Crippen molar-refractivity contribution in [3.8, 4) is 0 Å². The third-order valence-corrected chi connectivity index (χ3v) is 10.3. The molecule has 1 aromatic rings. The number of Topliss-reactive ketones (excluding diaryl/α,β-unsaturated/α-hetero) is 1. The van der Waals surface area contributed by atoms with Gasteiger partial charge in [0.2, 0.25) is 0 Å². The number of anilines is 1. The molecule has 5 rings (SSSR count). The topological polar surface area (TPSA) is 54.5 Å². The smallest absolute Gasteiger partial charge is 0.156 e. The van der Waals surface area contributed by atoms with Crippen LogP contribution >= 0.6 is 0 Å². The second kappa shape index (κ2) is 10.7. The summed E-state index contributed by atoms with van der Waals surface area (Å²) in [5, 5.41) is 0. The van der Waals surface area contributed by atoms with E-state index in [0.717, 1.165) is 70.6 Å². The van der Waals surface area contributed by atoms with Gasteiger partial charge in [-0.1, -0.05) is 31.1 Å². The summed E-state index contributed by atoms with van der Waals surface area (Å²) < 4.78 is 0. The van der Waals surface area contributed by atoms with Crippen molar-refractivity contribution >= 4 is 23.5 Å². The molecule has 4 aliphatic carbocycles. The number of benzene rings is 1.